The predicted molar refractivity (Wildman–Crippen MR) is 81.5 cm³/mol. The average Bonchev–Trinajstić information content (AvgIpc) is 3.17. The third-order valence-electron chi connectivity index (χ3n) is 3.65. The Morgan fingerprint density at radius 3 is 2.53 bits per heavy atom. The molecule has 0 bridgehead atoms. The number of primary amides is 1. The molecule has 4 nitrogen and oxygen atoms in total. The zero-order chi connectivity index (χ0) is 13.9. The molecule has 1 unspecified atom stereocenters. The van der Waals surface area contributed by atoms with Gasteiger partial charge >= 0.3 is 6.03 Å². The molecule has 1 saturated carbocycles. The Morgan fingerprint density at radius 1 is 1.42 bits per heavy atom. The molecule has 19 heavy (non-hydrogen) atoms. The molecule has 1 aromatic rings. The van der Waals surface area contributed by atoms with Crippen LogP contribution in [-0.4, -0.2) is 23.6 Å². The van der Waals surface area contributed by atoms with Gasteiger partial charge in [-0.15, -0.1) is 0 Å². The first-order chi connectivity index (χ1) is 9.04. The summed E-state index contributed by atoms with van der Waals surface area (Å²) < 4.78 is 0.474. The third-order valence-corrected chi connectivity index (χ3v) is 5.07. The van der Waals surface area contributed by atoms with E-state index in [1.807, 2.05) is 36.0 Å². The second-order valence-corrected chi connectivity index (χ2v) is 6.38. The first-order valence-electron chi connectivity index (χ1n) is 6.50. The molecule has 4 N–H and O–H groups in total. The lowest BCUT2D eigenvalue weighted by atomic mass is 10.1. The van der Waals surface area contributed by atoms with Gasteiger partial charge in [-0.1, -0.05) is 12.1 Å². The van der Waals surface area contributed by atoms with Crippen LogP contribution in [0.4, 0.5) is 10.5 Å². The zero-order valence-corrected chi connectivity index (χ0v) is 12.2. The highest BCUT2D eigenvalue weighted by Gasteiger charge is 2.41. The highest BCUT2D eigenvalue weighted by molar-refractivity contribution is 8.00. The fraction of sp³-hybridized carbons (Fsp3) is 0.500. The van der Waals surface area contributed by atoms with Gasteiger partial charge in [0, 0.05) is 23.0 Å². The van der Waals surface area contributed by atoms with Crippen LogP contribution in [0.25, 0.3) is 0 Å². The van der Waals surface area contributed by atoms with Crippen molar-refractivity contribution in [3.8, 4) is 0 Å². The molecule has 0 aromatic heterocycles. The number of benzene rings is 1. The zero-order valence-electron chi connectivity index (χ0n) is 11.4. The number of amides is 2. The molecule has 1 aliphatic rings. The fourth-order valence-electron chi connectivity index (χ4n) is 2.05. The lowest BCUT2D eigenvalue weighted by molar-refractivity contribution is 0.259. The van der Waals surface area contributed by atoms with Gasteiger partial charge in [-0.05, 0) is 43.7 Å². The average molecular weight is 279 g/mol. The summed E-state index contributed by atoms with van der Waals surface area (Å²) >= 11 is 1.96. The first kappa shape index (κ1) is 14.2. The number of hydrogen-bond donors (Lipinski definition) is 3. The number of urea groups is 1. The van der Waals surface area contributed by atoms with E-state index in [-0.39, 0.29) is 0 Å². The van der Waals surface area contributed by atoms with Crippen molar-refractivity contribution >= 4 is 23.5 Å². The van der Waals surface area contributed by atoms with Gasteiger partial charge in [0.25, 0.3) is 0 Å². The van der Waals surface area contributed by atoms with Gasteiger partial charge in [0.05, 0.1) is 0 Å². The standard InChI is InChI=1S/C14H21N3OS/c1-10(16-9-14(19-2)7-8-14)11-3-5-12(6-4-11)17-13(15)18/h3-6,10,16H,7-9H2,1-2H3,(H3,15,17,18). The van der Waals surface area contributed by atoms with E-state index in [0.717, 1.165) is 12.2 Å². The molecule has 5 heteroatoms. The smallest absolute Gasteiger partial charge is 0.316 e. The molecule has 1 aliphatic carbocycles. The number of carbonyl (C=O) groups excluding carboxylic acids is 1. The molecule has 0 spiro atoms. The fourth-order valence-corrected chi connectivity index (χ4v) is 2.78. The van der Waals surface area contributed by atoms with Crippen LogP contribution < -0.4 is 16.4 Å². The second kappa shape index (κ2) is 5.84. The number of thioether (sulfide) groups is 1. The summed E-state index contributed by atoms with van der Waals surface area (Å²) in [5.41, 5.74) is 7.02. The first-order valence-corrected chi connectivity index (χ1v) is 7.72. The van der Waals surface area contributed by atoms with Crippen LogP contribution in [0, 0.1) is 0 Å². The molecule has 2 amide bonds. The molecule has 0 heterocycles. The molecule has 0 saturated heterocycles. The molecule has 1 atom stereocenters. The lowest BCUT2D eigenvalue weighted by Crippen LogP contribution is -2.28. The van der Waals surface area contributed by atoms with Crippen molar-refractivity contribution in [2.75, 3.05) is 18.1 Å². The number of anilines is 1. The van der Waals surface area contributed by atoms with Gasteiger partial charge in [0.15, 0.2) is 0 Å². The summed E-state index contributed by atoms with van der Waals surface area (Å²) in [7, 11) is 0. The number of nitrogens with two attached hydrogens (primary N) is 1. The quantitative estimate of drug-likeness (QED) is 0.750. The van der Waals surface area contributed by atoms with Gasteiger partial charge in [-0.3, -0.25) is 0 Å². The van der Waals surface area contributed by atoms with Crippen LogP contribution >= 0.6 is 11.8 Å². The molecule has 0 aliphatic heterocycles. The Kier molecular flexibility index (Phi) is 4.37. The van der Waals surface area contributed by atoms with Gasteiger partial charge in [0.1, 0.15) is 0 Å². The van der Waals surface area contributed by atoms with Crippen molar-refractivity contribution in [1.29, 1.82) is 0 Å². The topological polar surface area (TPSA) is 67.2 Å². The largest absolute Gasteiger partial charge is 0.351 e. The maximum atomic E-state index is 10.7. The van der Waals surface area contributed by atoms with Crippen molar-refractivity contribution in [1.82, 2.24) is 5.32 Å². The van der Waals surface area contributed by atoms with E-state index in [0.29, 0.717) is 10.8 Å². The van der Waals surface area contributed by atoms with E-state index >= 15 is 0 Å². The summed E-state index contributed by atoms with van der Waals surface area (Å²) in [5.74, 6) is 0. The Balaban J connectivity index is 1.88. The Labute approximate surface area is 118 Å². The van der Waals surface area contributed by atoms with Crippen LogP contribution in [0.15, 0.2) is 24.3 Å². The van der Waals surface area contributed by atoms with Crippen LogP contribution in [-0.2, 0) is 0 Å². The highest BCUT2D eigenvalue weighted by Crippen LogP contribution is 2.46. The normalized spacial score (nSPS) is 17.8. The molecule has 1 aromatic carbocycles. The minimum atomic E-state index is -0.533. The molecule has 0 radical (unpaired) electrons. The van der Waals surface area contributed by atoms with E-state index in [9.17, 15) is 4.79 Å². The molecule has 104 valence electrons. The summed E-state index contributed by atoms with van der Waals surface area (Å²) in [4.78, 5) is 10.7. The minimum absolute atomic E-state index is 0.312. The Morgan fingerprint density at radius 2 is 2.05 bits per heavy atom. The second-order valence-electron chi connectivity index (χ2n) is 5.10. The van der Waals surface area contributed by atoms with Crippen molar-refractivity contribution in [2.45, 2.75) is 30.6 Å². The van der Waals surface area contributed by atoms with Gasteiger partial charge in [-0.2, -0.15) is 11.8 Å². The molecule has 2 rings (SSSR count). The van der Waals surface area contributed by atoms with Crippen LogP contribution in [0.5, 0.6) is 0 Å². The van der Waals surface area contributed by atoms with E-state index in [1.54, 1.807) is 0 Å². The van der Waals surface area contributed by atoms with Gasteiger partial charge in [0.2, 0.25) is 0 Å². The summed E-state index contributed by atoms with van der Waals surface area (Å²) in [6.45, 7) is 3.21. The van der Waals surface area contributed by atoms with Gasteiger partial charge in [-0.25, -0.2) is 4.79 Å². The van der Waals surface area contributed by atoms with Gasteiger partial charge < -0.3 is 16.4 Å². The van der Waals surface area contributed by atoms with E-state index in [4.69, 9.17) is 5.73 Å². The molecular weight excluding hydrogens is 258 g/mol. The minimum Gasteiger partial charge on any atom is -0.351 e. The summed E-state index contributed by atoms with van der Waals surface area (Å²) in [6, 6.07) is 7.56. The number of carbonyl (C=O) groups is 1. The monoisotopic (exact) mass is 279 g/mol. The van der Waals surface area contributed by atoms with Crippen LogP contribution in [0.2, 0.25) is 0 Å². The highest BCUT2D eigenvalue weighted by atomic mass is 32.2. The number of nitrogens with one attached hydrogen (secondary N) is 2. The molecule has 1 fully saturated rings. The van der Waals surface area contributed by atoms with Crippen molar-refractivity contribution in [3.05, 3.63) is 29.8 Å². The van der Waals surface area contributed by atoms with Crippen molar-refractivity contribution in [3.63, 3.8) is 0 Å². The van der Waals surface area contributed by atoms with Crippen molar-refractivity contribution < 1.29 is 4.79 Å². The van der Waals surface area contributed by atoms with Crippen LogP contribution in [0.3, 0.4) is 0 Å². The predicted octanol–water partition coefficient (Wildman–Crippen LogP) is 2.72. The number of hydrogen-bond acceptors (Lipinski definition) is 3. The Bertz CT molecular complexity index is 443. The van der Waals surface area contributed by atoms with E-state index in [1.165, 1.54) is 18.4 Å². The Hall–Kier alpha value is -1.20. The SMILES string of the molecule is CSC1(CNC(C)c2ccc(NC(N)=O)cc2)CC1. The maximum Gasteiger partial charge on any atom is 0.316 e. The number of rotatable bonds is 6. The summed E-state index contributed by atoms with van der Waals surface area (Å²) in [5, 5.41) is 6.14. The molecular formula is C14H21N3OS. The van der Waals surface area contributed by atoms with E-state index < -0.39 is 6.03 Å². The summed E-state index contributed by atoms with van der Waals surface area (Å²) in [6.07, 6.45) is 4.81. The van der Waals surface area contributed by atoms with Crippen LogP contribution in [0.1, 0.15) is 31.4 Å². The van der Waals surface area contributed by atoms with Crippen molar-refractivity contribution in [2.24, 2.45) is 5.73 Å². The third kappa shape index (κ3) is 3.88. The lowest BCUT2D eigenvalue weighted by Gasteiger charge is -2.19. The van der Waals surface area contributed by atoms with E-state index in [2.05, 4.69) is 23.8 Å². The maximum absolute atomic E-state index is 10.7.